The first kappa shape index (κ1) is 20.2. The maximum Gasteiger partial charge on any atom is 0.264 e. The number of aromatic nitrogens is 1. The number of rotatable bonds is 6. The molecule has 26 heavy (non-hydrogen) atoms. The highest BCUT2D eigenvalue weighted by Gasteiger charge is 2.43. The molecule has 7 nitrogen and oxygen atoms in total. The van der Waals surface area contributed by atoms with Gasteiger partial charge in [-0.15, -0.1) is 0 Å². The molecule has 0 saturated heterocycles. The Kier molecular flexibility index (Phi) is 5.90. The van der Waals surface area contributed by atoms with Crippen LogP contribution >= 0.6 is 11.6 Å². The summed E-state index contributed by atoms with van der Waals surface area (Å²) in [4.78, 5) is 24.1. The molecule has 1 aromatic heterocycles. The van der Waals surface area contributed by atoms with Crippen LogP contribution in [0.5, 0.6) is 0 Å². The Morgan fingerprint density at radius 1 is 1.23 bits per heavy atom. The Bertz CT molecular complexity index is 969. The van der Waals surface area contributed by atoms with Gasteiger partial charge in [-0.2, -0.15) is 0 Å². The smallest absolute Gasteiger partial charge is 0.264 e. The highest BCUT2D eigenvalue weighted by Crippen LogP contribution is 2.23. The van der Waals surface area contributed by atoms with E-state index >= 15 is 0 Å². The number of benzene rings is 1. The zero-order chi connectivity index (χ0) is 19.5. The molecule has 0 bridgehead atoms. The Morgan fingerprint density at radius 3 is 2.35 bits per heavy atom. The fourth-order valence-corrected chi connectivity index (χ4v) is 3.40. The van der Waals surface area contributed by atoms with Gasteiger partial charge >= 0.3 is 0 Å². The number of pyridine rings is 1. The number of carbonyl (C=O) groups excluding carboxylic acids is 1. The van der Waals surface area contributed by atoms with Crippen LogP contribution in [0.15, 0.2) is 47.4 Å². The monoisotopic (exact) mass is 398 g/mol. The van der Waals surface area contributed by atoms with Crippen molar-refractivity contribution >= 4 is 27.3 Å². The molecule has 2 rings (SSSR count). The summed E-state index contributed by atoms with van der Waals surface area (Å²) in [6, 6.07) is 10.1. The van der Waals surface area contributed by atoms with E-state index in [1.54, 1.807) is 30.3 Å². The molecule has 0 aliphatic carbocycles. The van der Waals surface area contributed by atoms with Crippen molar-refractivity contribution in [2.24, 2.45) is 0 Å². The minimum Gasteiger partial charge on any atom is -0.315 e. The summed E-state index contributed by atoms with van der Waals surface area (Å²) in [6.07, 6.45) is 2.28. The summed E-state index contributed by atoms with van der Waals surface area (Å²) < 4.78 is 23.4. The van der Waals surface area contributed by atoms with Gasteiger partial charge in [0.05, 0.1) is 0 Å². The van der Waals surface area contributed by atoms with E-state index in [2.05, 4.69) is 0 Å². The van der Waals surface area contributed by atoms with Crippen molar-refractivity contribution in [2.45, 2.75) is 24.6 Å². The summed E-state index contributed by atoms with van der Waals surface area (Å²) in [5.74, 6) is -1.04. The van der Waals surface area contributed by atoms with Gasteiger partial charge in [-0.05, 0) is 42.7 Å². The van der Waals surface area contributed by atoms with Crippen LogP contribution < -0.4 is 11.0 Å². The van der Waals surface area contributed by atoms with Gasteiger partial charge in [0.2, 0.25) is 0 Å². The third-order valence-corrected chi connectivity index (χ3v) is 6.68. The molecule has 1 aromatic carbocycles. The lowest BCUT2D eigenvalue weighted by molar-refractivity contribution is -0.131. The normalized spacial score (nSPS) is 13.8. The summed E-state index contributed by atoms with van der Waals surface area (Å²) in [5, 5.41) is 9.41. The second-order valence-corrected chi connectivity index (χ2v) is 9.03. The Morgan fingerprint density at radius 2 is 1.85 bits per heavy atom. The maximum absolute atomic E-state index is 12.3. The standard InChI is InChI=1S/C17H19ClN2O5S/c1-17(16(22)19-23,26(2,24)25)8-10-20-9-7-13(11-15(20)21)12-3-5-14(18)6-4-12/h3-7,9,11,23H,8,10H2,1-2H3,(H,19,22). The second-order valence-electron chi connectivity index (χ2n) is 6.15. The van der Waals surface area contributed by atoms with E-state index in [-0.39, 0.29) is 18.5 Å². The first-order valence-electron chi connectivity index (χ1n) is 7.69. The minimum absolute atomic E-state index is 0.00325. The number of hydrogen-bond donors (Lipinski definition) is 2. The molecule has 1 heterocycles. The zero-order valence-corrected chi connectivity index (χ0v) is 15.8. The molecule has 0 saturated carbocycles. The van der Waals surface area contributed by atoms with Crippen molar-refractivity contribution in [3.8, 4) is 11.1 Å². The average Bonchev–Trinajstić information content (AvgIpc) is 2.59. The van der Waals surface area contributed by atoms with E-state index in [4.69, 9.17) is 16.8 Å². The van der Waals surface area contributed by atoms with E-state index in [0.717, 1.165) is 11.8 Å². The summed E-state index contributed by atoms with van der Waals surface area (Å²) in [7, 11) is -3.81. The molecule has 0 spiro atoms. The number of hydrogen-bond acceptors (Lipinski definition) is 5. The van der Waals surface area contributed by atoms with E-state index in [0.29, 0.717) is 10.6 Å². The number of aryl methyl sites for hydroxylation is 1. The number of nitrogens with one attached hydrogen (secondary N) is 1. The molecule has 140 valence electrons. The Balaban J connectivity index is 2.26. The van der Waals surface area contributed by atoms with Crippen LogP contribution in [0, 0.1) is 0 Å². The fourth-order valence-electron chi connectivity index (χ4n) is 2.43. The van der Waals surface area contributed by atoms with Crippen molar-refractivity contribution in [3.63, 3.8) is 0 Å². The SMILES string of the molecule is CC(CCn1ccc(-c2ccc(Cl)cc2)cc1=O)(C(=O)NO)S(C)(=O)=O. The summed E-state index contributed by atoms with van der Waals surface area (Å²) in [6.45, 7) is 1.21. The molecule has 0 fully saturated rings. The quantitative estimate of drug-likeness (QED) is 0.570. The molecule has 0 radical (unpaired) electrons. The van der Waals surface area contributed by atoms with Gasteiger partial charge in [-0.25, -0.2) is 13.9 Å². The van der Waals surface area contributed by atoms with E-state index in [1.165, 1.54) is 29.2 Å². The lowest BCUT2D eigenvalue weighted by Gasteiger charge is -2.25. The van der Waals surface area contributed by atoms with Gasteiger partial charge in [-0.1, -0.05) is 23.7 Å². The lowest BCUT2D eigenvalue weighted by atomic mass is 10.1. The average molecular weight is 399 g/mol. The third-order valence-electron chi connectivity index (χ3n) is 4.40. The van der Waals surface area contributed by atoms with Crippen LogP contribution in [0.1, 0.15) is 13.3 Å². The molecule has 9 heteroatoms. The Labute approximate surface area is 156 Å². The number of nitrogens with zero attached hydrogens (tertiary/aromatic N) is 1. The van der Waals surface area contributed by atoms with Crippen LogP contribution in [-0.4, -0.2) is 35.1 Å². The number of amides is 1. The number of sulfone groups is 1. The first-order valence-corrected chi connectivity index (χ1v) is 9.96. The van der Waals surface area contributed by atoms with Crippen LogP contribution in [-0.2, 0) is 21.2 Å². The summed E-state index contributed by atoms with van der Waals surface area (Å²) >= 11 is 5.85. The topological polar surface area (TPSA) is 105 Å². The van der Waals surface area contributed by atoms with Gasteiger partial charge in [0.25, 0.3) is 11.5 Å². The van der Waals surface area contributed by atoms with E-state index in [9.17, 15) is 18.0 Å². The molecule has 0 aliphatic rings. The van der Waals surface area contributed by atoms with Gasteiger partial charge in [0, 0.05) is 30.1 Å². The van der Waals surface area contributed by atoms with Gasteiger partial charge in [-0.3, -0.25) is 14.8 Å². The largest absolute Gasteiger partial charge is 0.315 e. The summed E-state index contributed by atoms with van der Waals surface area (Å²) in [5.41, 5.74) is 2.56. The second kappa shape index (κ2) is 7.61. The fraction of sp³-hybridized carbons (Fsp3) is 0.294. The van der Waals surface area contributed by atoms with Crippen LogP contribution in [0.25, 0.3) is 11.1 Å². The predicted molar refractivity (Wildman–Crippen MR) is 98.9 cm³/mol. The molecule has 0 aliphatic heterocycles. The number of halogens is 1. The van der Waals surface area contributed by atoms with Crippen molar-refractivity contribution in [3.05, 3.63) is 58.0 Å². The lowest BCUT2D eigenvalue weighted by Crippen LogP contribution is -2.49. The predicted octanol–water partition coefficient (Wildman–Crippen LogP) is 1.87. The number of hydroxylamine groups is 1. The van der Waals surface area contributed by atoms with Crippen molar-refractivity contribution in [1.29, 1.82) is 0 Å². The molecule has 2 N–H and O–H groups in total. The third kappa shape index (κ3) is 4.14. The Hall–Kier alpha value is -2.16. The zero-order valence-electron chi connectivity index (χ0n) is 14.3. The van der Waals surface area contributed by atoms with E-state index < -0.39 is 20.5 Å². The van der Waals surface area contributed by atoms with Crippen LogP contribution in [0.4, 0.5) is 0 Å². The van der Waals surface area contributed by atoms with Gasteiger partial charge < -0.3 is 4.57 Å². The van der Waals surface area contributed by atoms with Crippen molar-refractivity contribution in [2.75, 3.05) is 6.26 Å². The van der Waals surface area contributed by atoms with Crippen LogP contribution in [0.2, 0.25) is 5.02 Å². The van der Waals surface area contributed by atoms with Gasteiger partial charge in [0.1, 0.15) is 0 Å². The van der Waals surface area contributed by atoms with Crippen molar-refractivity contribution < 1.29 is 18.4 Å². The number of carbonyl (C=O) groups is 1. The first-order chi connectivity index (χ1) is 12.1. The van der Waals surface area contributed by atoms with Gasteiger partial charge in [0.15, 0.2) is 14.6 Å². The molecule has 1 unspecified atom stereocenters. The highest BCUT2D eigenvalue weighted by atomic mass is 35.5. The van der Waals surface area contributed by atoms with E-state index in [1.807, 2.05) is 0 Å². The minimum atomic E-state index is -3.81. The molecular weight excluding hydrogens is 380 g/mol. The molecular formula is C17H19ClN2O5S. The molecule has 1 atom stereocenters. The maximum atomic E-state index is 12.3. The van der Waals surface area contributed by atoms with Crippen molar-refractivity contribution in [1.82, 2.24) is 10.0 Å². The van der Waals surface area contributed by atoms with Crippen LogP contribution in [0.3, 0.4) is 0 Å². The molecule has 1 amide bonds. The highest BCUT2D eigenvalue weighted by molar-refractivity contribution is 7.92. The molecule has 2 aromatic rings.